The Balaban J connectivity index is 1.93. The highest BCUT2D eigenvalue weighted by atomic mass is 16.1. The normalized spacial score (nSPS) is 10.9. The average molecular weight is 293 g/mol. The highest BCUT2D eigenvalue weighted by molar-refractivity contribution is 6.05. The van der Waals surface area contributed by atoms with Gasteiger partial charge < -0.3 is 10.3 Å². The second-order valence-electron chi connectivity index (χ2n) is 5.78. The van der Waals surface area contributed by atoms with Crippen LogP contribution >= 0.6 is 0 Å². The van der Waals surface area contributed by atoms with Gasteiger partial charge in [0.05, 0.1) is 0 Å². The summed E-state index contributed by atoms with van der Waals surface area (Å²) in [6.45, 7) is 7.94. The van der Waals surface area contributed by atoms with Gasteiger partial charge >= 0.3 is 0 Å². The third-order valence-electron chi connectivity index (χ3n) is 3.91. The molecule has 112 valence electrons. The molecule has 0 aliphatic heterocycles. The minimum atomic E-state index is -0.172. The zero-order chi connectivity index (χ0) is 15.9. The number of aromatic nitrogens is 2. The molecule has 0 bridgehead atoms. The van der Waals surface area contributed by atoms with Crippen molar-refractivity contribution in [3.8, 4) is 0 Å². The van der Waals surface area contributed by atoms with Crippen molar-refractivity contribution in [2.45, 2.75) is 27.7 Å². The standard InChI is InChI=1S/C18H19N3O/c1-10-5-6-15-14(7-10)9-16(20-15)18(22)21-17-13(4)11(2)8-12(3)19-17/h5-9,20H,1-4H3,(H,19,21,22). The Bertz CT molecular complexity index is 877. The van der Waals surface area contributed by atoms with E-state index < -0.39 is 0 Å². The second kappa shape index (κ2) is 5.30. The van der Waals surface area contributed by atoms with Crippen LogP contribution in [0.4, 0.5) is 5.82 Å². The molecule has 0 spiro atoms. The summed E-state index contributed by atoms with van der Waals surface area (Å²) in [7, 11) is 0. The Morgan fingerprint density at radius 3 is 2.64 bits per heavy atom. The molecule has 1 aromatic carbocycles. The first-order valence-electron chi connectivity index (χ1n) is 7.29. The molecule has 1 amide bonds. The van der Waals surface area contributed by atoms with E-state index in [0.717, 1.165) is 27.7 Å². The third-order valence-corrected chi connectivity index (χ3v) is 3.91. The van der Waals surface area contributed by atoms with E-state index in [1.165, 1.54) is 5.56 Å². The number of hydrogen-bond acceptors (Lipinski definition) is 2. The van der Waals surface area contributed by atoms with Crippen LogP contribution in [0.5, 0.6) is 0 Å². The summed E-state index contributed by atoms with van der Waals surface area (Å²) in [4.78, 5) is 20.0. The molecule has 3 aromatic rings. The van der Waals surface area contributed by atoms with Crippen LogP contribution in [0.1, 0.15) is 32.9 Å². The van der Waals surface area contributed by atoms with Gasteiger partial charge in [-0.1, -0.05) is 11.6 Å². The van der Waals surface area contributed by atoms with Crippen molar-refractivity contribution in [3.63, 3.8) is 0 Å². The summed E-state index contributed by atoms with van der Waals surface area (Å²) in [5, 5.41) is 3.94. The van der Waals surface area contributed by atoms with E-state index >= 15 is 0 Å². The highest BCUT2D eigenvalue weighted by Gasteiger charge is 2.13. The lowest BCUT2D eigenvalue weighted by molar-refractivity contribution is 0.102. The van der Waals surface area contributed by atoms with Crippen molar-refractivity contribution in [2.24, 2.45) is 0 Å². The third kappa shape index (κ3) is 2.60. The van der Waals surface area contributed by atoms with Gasteiger partial charge in [0.25, 0.3) is 5.91 Å². The fraction of sp³-hybridized carbons (Fsp3) is 0.222. The number of hydrogen-bond donors (Lipinski definition) is 2. The molecule has 2 aromatic heterocycles. The zero-order valence-electron chi connectivity index (χ0n) is 13.2. The fourth-order valence-corrected chi connectivity index (χ4v) is 2.57. The van der Waals surface area contributed by atoms with E-state index in [9.17, 15) is 4.79 Å². The number of pyridine rings is 1. The summed E-state index contributed by atoms with van der Waals surface area (Å²) in [6, 6.07) is 9.95. The van der Waals surface area contributed by atoms with Crippen LogP contribution in [0.3, 0.4) is 0 Å². The van der Waals surface area contributed by atoms with Gasteiger partial charge in [0.2, 0.25) is 0 Å². The Morgan fingerprint density at radius 1 is 1.09 bits per heavy atom. The molecule has 0 unspecified atom stereocenters. The largest absolute Gasteiger partial charge is 0.351 e. The molecule has 0 aliphatic rings. The molecule has 0 fully saturated rings. The van der Waals surface area contributed by atoms with Gasteiger partial charge in [0, 0.05) is 16.6 Å². The summed E-state index contributed by atoms with van der Waals surface area (Å²) < 4.78 is 0. The molecule has 0 saturated heterocycles. The molecule has 2 heterocycles. The predicted molar refractivity (Wildman–Crippen MR) is 89.4 cm³/mol. The van der Waals surface area contributed by atoms with E-state index in [1.54, 1.807) is 0 Å². The number of H-pyrrole nitrogens is 1. The molecule has 4 heteroatoms. The predicted octanol–water partition coefficient (Wildman–Crippen LogP) is 4.05. The second-order valence-corrected chi connectivity index (χ2v) is 5.78. The number of nitrogens with one attached hydrogen (secondary N) is 2. The van der Waals surface area contributed by atoms with E-state index in [4.69, 9.17) is 0 Å². The Morgan fingerprint density at radius 2 is 1.86 bits per heavy atom. The van der Waals surface area contributed by atoms with Crippen molar-refractivity contribution in [1.82, 2.24) is 9.97 Å². The van der Waals surface area contributed by atoms with Crippen molar-refractivity contribution < 1.29 is 4.79 Å². The summed E-state index contributed by atoms with van der Waals surface area (Å²) >= 11 is 0. The van der Waals surface area contributed by atoms with E-state index in [1.807, 2.05) is 52.0 Å². The fourth-order valence-electron chi connectivity index (χ4n) is 2.57. The molecular formula is C18H19N3O. The molecule has 0 aliphatic carbocycles. The first-order valence-corrected chi connectivity index (χ1v) is 7.29. The summed E-state index contributed by atoms with van der Waals surface area (Å²) in [6.07, 6.45) is 0. The quantitative estimate of drug-likeness (QED) is 0.749. The van der Waals surface area contributed by atoms with Gasteiger partial charge in [-0.05, 0) is 63.1 Å². The zero-order valence-corrected chi connectivity index (χ0v) is 13.2. The number of aryl methyl sites for hydroxylation is 3. The van der Waals surface area contributed by atoms with E-state index in [2.05, 4.69) is 21.4 Å². The van der Waals surface area contributed by atoms with E-state index in [0.29, 0.717) is 11.5 Å². The lowest BCUT2D eigenvalue weighted by atomic mass is 10.1. The highest BCUT2D eigenvalue weighted by Crippen LogP contribution is 2.20. The van der Waals surface area contributed by atoms with Crippen molar-refractivity contribution >= 4 is 22.6 Å². The number of rotatable bonds is 2. The molecule has 4 nitrogen and oxygen atoms in total. The Labute approximate surface area is 129 Å². The minimum absolute atomic E-state index is 0.172. The molecule has 2 N–H and O–H groups in total. The first kappa shape index (κ1) is 14.3. The van der Waals surface area contributed by atoms with Crippen LogP contribution in [-0.2, 0) is 0 Å². The topological polar surface area (TPSA) is 57.8 Å². The summed E-state index contributed by atoms with van der Waals surface area (Å²) in [5.41, 5.74) is 5.68. The number of amides is 1. The minimum Gasteiger partial charge on any atom is -0.351 e. The molecular weight excluding hydrogens is 274 g/mol. The number of benzene rings is 1. The number of fused-ring (bicyclic) bond motifs is 1. The van der Waals surface area contributed by atoms with Crippen LogP contribution in [0.2, 0.25) is 0 Å². The smallest absolute Gasteiger partial charge is 0.273 e. The maximum absolute atomic E-state index is 12.5. The number of nitrogens with zero attached hydrogens (tertiary/aromatic N) is 1. The monoisotopic (exact) mass is 293 g/mol. The summed E-state index contributed by atoms with van der Waals surface area (Å²) in [5.74, 6) is 0.451. The van der Waals surface area contributed by atoms with Gasteiger partial charge in [-0.3, -0.25) is 4.79 Å². The van der Waals surface area contributed by atoms with Crippen LogP contribution in [0.25, 0.3) is 10.9 Å². The SMILES string of the molecule is Cc1ccc2[nH]c(C(=O)Nc3nc(C)cc(C)c3C)cc2c1. The van der Waals surface area contributed by atoms with Crippen LogP contribution in [0, 0.1) is 27.7 Å². The maximum atomic E-state index is 12.5. The average Bonchev–Trinajstić information content (AvgIpc) is 2.87. The molecule has 0 radical (unpaired) electrons. The van der Waals surface area contributed by atoms with Gasteiger partial charge in [0.15, 0.2) is 0 Å². The first-order chi connectivity index (χ1) is 10.4. The number of carbonyl (C=O) groups excluding carboxylic acids is 1. The van der Waals surface area contributed by atoms with E-state index in [-0.39, 0.29) is 5.91 Å². The molecule has 0 atom stereocenters. The van der Waals surface area contributed by atoms with Gasteiger partial charge in [-0.15, -0.1) is 0 Å². The lowest BCUT2D eigenvalue weighted by Gasteiger charge is -2.10. The Hall–Kier alpha value is -2.62. The van der Waals surface area contributed by atoms with Crippen molar-refractivity contribution in [1.29, 1.82) is 0 Å². The van der Waals surface area contributed by atoms with Gasteiger partial charge in [0.1, 0.15) is 11.5 Å². The number of anilines is 1. The number of carbonyl (C=O) groups is 1. The molecule has 3 rings (SSSR count). The van der Waals surface area contributed by atoms with Crippen LogP contribution in [-0.4, -0.2) is 15.9 Å². The van der Waals surface area contributed by atoms with Crippen molar-refractivity contribution in [3.05, 3.63) is 58.4 Å². The van der Waals surface area contributed by atoms with Crippen LogP contribution in [0.15, 0.2) is 30.3 Å². The number of aromatic amines is 1. The van der Waals surface area contributed by atoms with Crippen molar-refractivity contribution in [2.75, 3.05) is 5.32 Å². The molecule has 22 heavy (non-hydrogen) atoms. The maximum Gasteiger partial charge on any atom is 0.273 e. The van der Waals surface area contributed by atoms with Gasteiger partial charge in [-0.2, -0.15) is 0 Å². The Kier molecular flexibility index (Phi) is 3.45. The van der Waals surface area contributed by atoms with Gasteiger partial charge in [-0.25, -0.2) is 4.98 Å². The molecule has 0 saturated carbocycles. The van der Waals surface area contributed by atoms with Crippen LogP contribution < -0.4 is 5.32 Å². The lowest BCUT2D eigenvalue weighted by Crippen LogP contribution is -2.15.